The highest BCUT2D eigenvalue weighted by Gasteiger charge is 2.29. The standard InChI is InChI=1S/C15H22N4O3S/c1-2-22-14(21)11-5-7-19(8-6-11)12(20)9-23-15-16-13(17-18-15)10-3-4-10/h10-11H,2-9H2,1H3,(H,16,17,18). The number of amides is 1. The van der Waals surface area contributed by atoms with Gasteiger partial charge in [-0.15, -0.1) is 5.10 Å². The number of likely N-dealkylation sites (tertiary alicyclic amines) is 1. The Morgan fingerprint density at radius 2 is 2.04 bits per heavy atom. The highest BCUT2D eigenvalue weighted by Crippen LogP contribution is 2.38. The maximum Gasteiger partial charge on any atom is 0.309 e. The van der Waals surface area contributed by atoms with Crippen LogP contribution >= 0.6 is 11.8 Å². The Morgan fingerprint density at radius 1 is 1.30 bits per heavy atom. The summed E-state index contributed by atoms with van der Waals surface area (Å²) in [5.74, 6) is 1.69. The number of carbonyl (C=O) groups is 2. The molecule has 2 aliphatic rings. The summed E-state index contributed by atoms with van der Waals surface area (Å²) in [5, 5.41) is 7.73. The Balaban J connectivity index is 1.41. The molecule has 0 aromatic carbocycles. The van der Waals surface area contributed by atoms with E-state index in [-0.39, 0.29) is 17.8 Å². The van der Waals surface area contributed by atoms with Crippen molar-refractivity contribution >= 4 is 23.6 Å². The molecule has 0 atom stereocenters. The molecule has 0 radical (unpaired) electrons. The third-order valence-electron chi connectivity index (χ3n) is 4.24. The first-order chi connectivity index (χ1) is 11.2. The molecule has 1 N–H and O–H groups in total. The van der Waals surface area contributed by atoms with Gasteiger partial charge in [-0.2, -0.15) is 0 Å². The van der Waals surface area contributed by atoms with Gasteiger partial charge in [0, 0.05) is 19.0 Å². The first-order valence-corrected chi connectivity index (χ1v) is 9.15. The van der Waals surface area contributed by atoms with Crippen molar-refractivity contribution in [3.8, 4) is 0 Å². The molecule has 1 saturated carbocycles. The van der Waals surface area contributed by atoms with Gasteiger partial charge in [0.2, 0.25) is 11.1 Å². The Labute approximate surface area is 139 Å². The number of nitrogens with one attached hydrogen (secondary N) is 1. The quantitative estimate of drug-likeness (QED) is 0.626. The van der Waals surface area contributed by atoms with Crippen molar-refractivity contribution in [1.82, 2.24) is 20.1 Å². The van der Waals surface area contributed by atoms with E-state index < -0.39 is 0 Å². The van der Waals surface area contributed by atoms with Crippen LogP contribution in [0.15, 0.2) is 5.16 Å². The zero-order valence-electron chi connectivity index (χ0n) is 13.3. The van der Waals surface area contributed by atoms with Crippen LogP contribution in [-0.4, -0.2) is 57.4 Å². The SMILES string of the molecule is CCOC(=O)C1CCN(C(=O)CSc2n[nH]c(C3CC3)n2)CC1. The molecule has 8 heteroatoms. The van der Waals surface area contributed by atoms with Crippen LogP contribution in [0, 0.1) is 5.92 Å². The van der Waals surface area contributed by atoms with Crippen molar-refractivity contribution in [3.05, 3.63) is 5.82 Å². The maximum atomic E-state index is 12.2. The molecular formula is C15H22N4O3S. The zero-order valence-corrected chi connectivity index (χ0v) is 14.1. The van der Waals surface area contributed by atoms with Crippen LogP contribution in [0.2, 0.25) is 0 Å². The third kappa shape index (κ3) is 4.25. The van der Waals surface area contributed by atoms with E-state index >= 15 is 0 Å². The van der Waals surface area contributed by atoms with E-state index in [1.165, 1.54) is 24.6 Å². The molecule has 0 bridgehead atoms. The topological polar surface area (TPSA) is 88.2 Å². The Kier molecular flexibility index (Phi) is 5.20. The number of ether oxygens (including phenoxy) is 1. The van der Waals surface area contributed by atoms with E-state index in [0.29, 0.717) is 49.4 Å². The summed E-state index contributed by atoms with van der Waals surface area (Å²) in [6.45, 7) is 3.45. The van der Waals surface area contributed by atoms with Crippen LogP contribution in [0.5, 0.6) is 0 Å². The second-order valence-corrected chi connectivity index (χ2v) is 6.92. The summed E-state index contributed by atoms with van der Waals surface area (Å²) in [6, 6.07) is 0. The molecule has 1 aromatic heterocycles. The highest BCUT2D eigenvalue weighted by molar-refractivity contribution is 7.99. The lowest BCUT2D eigenvalue weighted by atomic mass is 9.97. The molecular weight excluding hydrogens is 316 g/mol. The largest absolute Gasteiger partial charge is 0.466 e. The molecule has 2 heterocycles. The molecule has 0 spiro atoms. The number of rotatable bonds is 6. The maximum absolute atomic E-state index is 12.2. The van der Waals surface area contributed by atoms with Crippen LogP contribution in [0.25, 0.3) is 0 Å². The molecule has 1 saturated heterocycles. The zero-order chi connectivity index (χ0) is 16.2. The number of hydrogen-bond acceptors (Lipinski definition) is 6. The summed E-state index contributed by atoms with van der Waals surface area (Å²) in [6.07, 6.45) is 3.71. The van der Waals surface area contributed by atoms with Gasteiger partial charge in [-0.05, 0) is 32.6 Å². The van der Waals surface area contributed by atoms with Crippen molar-refractivity contribution in [2.45, 2.75) is 43.7 Å². The van der Waals surface area contributed by atoms with E-state index in [4.69, 9.17) is 4.74 Å². The predicted octanol–water partition coefficient (Wildman–Crippen LogP) is 1.58. The molecule has 1 aromatic rings. The van der Waals surface area contributed by atoms with Gasteiger partial charge in [0.25, 0.3) is 0 Å². The minimum Gasteiger partial charge on any atom is -0.466 e. The first-order valence-electron chi connectivity index (χ1n) is 8.17. The van der Waals surface area contributed by atoms with Crippen LogP contribution < -0.4 is 0 Å². The van der Waals surface area contributed by atoms with Crippen molar-refractivity contribution < 1.29 is 14.3 Å². The van der Waals surface area contributed by atoms with E-state index in [2.05, 4.69) is 15.2 Å². The average Bonchev–Trinajstić information content (AvgIpc) is 3.32. The van der Waals surface area contributed by atoms with Gasteiger partial charge < -0.3 is 9.64 Å². The molecule has 1 amide bonds. The lowest BCUT2D eigenvalue weighted by molar-refractivity contribution is -0.151. The second-order valence-electron chi connectivity index (χ2n) is 5.97. The predicted molar refractivity (Wildman–Crippen MR) is 85.0 cm³/mol. The van der Waals surface area contributed by atoms with E-state index in [0.717, 1.165) is 5.82 Å². The summed E-state index contributed by atoms with van der Waals surface area (Å²) >= 11 is 1.37. The van der Waals surface area contributed by atoms with Gasteiger partial charge in [0.15, 0.2) is 0 Å². The third-order valence-corrected chi connectivity index (χ3v) is 5.07. The number of esters is 1. The molecule has 23 heavy (non-hydrogen) atoms. The van der Waals surface area contributed by atoms with Gasteiger partial charge in [-0.1, -0.05) is 11.8 Å². The Morgan fingerprint density at radius 3 is 2.70 bits per heavy atom. The monoisotopic (exact) mass is 338 g/mol. The van der Waals surface area contributed by atoms with Gasteiger partial charge >= 0.3 is 5.97 Å². The van der Waals surface area contributed by atoms with Crippen molar-refractivity contribution in [2.24, 2.45) is 5.92 Å². The molecule has 1 aliphatic carbocycles. The average molecular weight is 338 g/mol. The van der Waals surface area contributed by atoms with Crippen LogP contribution in [0.3, 0.4) is 0 Å². The molecule has 0 unspecified atom stereocenters. The molecule has 1 aliphatic heterocycles. The Hall–Kier alpha value is -1.57. The van der Waals surface area contributed by atoms with Crippen LogP contribution in [0.4, 0.5) is 0 Å². The van der Waals surface area contributed by atoms with Crippen molar-refractivity contribution in [1.29, 1.82) is 0 Å². The number of thioether (sulfide) groups is 1. The lowest BCUT2D eigenvalue weighted by Gasteiger charge is -2.30. The fraction of sp³-hybridized carbons (Fsp3) is 0.733. The van der Waals surface area contributed by atoms with Crippen molar-refractivity contribution in [2.75, 3.05) is 25.4 Å². The van der Waals surface area contributed by atoms with Gasteiger partial charge in [0.05, 0.1) is 18.3 Å². The van der Waals surface area contributed by atoms with Gasteiger partial charge in [-0.3, -0.25) is 14.7 Å². The van der Waals surface area contributed by atoms with E-state index in [1.54, 1.807) is 0 Å². The smallest absolute Gasteiger partial charge is 0.309 e. The number of hydrogen-bond donors (Lipinski definition) is 1. The molecule has 2 fully saturated rings. The number of aromatic amines is 1. The summed E-state index contributed by atoms with van der Waals surface area (Å²) in [5.41, 5.74) is 0. The minimum atomic E-state index is -0.137. The molecule has 126 valence electrons. The Bertz CT molecular complexity index is 565. The molecule has 3 rings (SSSR count). The number of H-pyrrole nitrogens is 1. The van der Waals surface area contributed by atoms with Crippen molar-refractivity contribution in [3.63, 3.8) is 0 Å². The number of piperidine rings is 1. The molecule has 7 nitrogen and oxygen atoms in total. The minimum absolute atomic E-state index is 0.0687. The van der Waals surface area contributed by atoms with Crippen LogP contribution in [0.1, 0.15) is 44.3 Å². The number of aromatic nitrogens is 3. The van der Waals surface area contributed by atoms with Gasteiger partial charge in [0.1, 0.15) is 5.82 Å². The normalized spacial score (nSPS) is 18.9. The first kappa shape index (κ1) is 16.3. The highest BCUT2D eigenvalue weighted by atomic mass is 32.2. The van der Waals surface area contributed by atoms with Crippen LogP contribution in [-0.2, 0) is 14.3 Å². The van der Waals surface area contributed by atoms with E-state index in [9.17, 15) is 9.59 Å². The fourth-order valence-electron chi connectivity index (χ4n) is 2.70. The van der Waals surface area contributed by atoms with Gasteiger partial charge in [-0.25, -0.2) is 4.98 Å². The number of carbonyl (C=O) groups excluding carboxylic acids is 2. The lowest BCUT2D eigenvalue weighted by Crippen LogP contribution is -2.41. The summed E-state index contributed by atoms with van der Waals surface area (Å²) < 4.78 is 5.04. The summed E-state index contributed by atoms with van der Waals surface area (Å²) in [7, 11) is 0. The fourth-order valence-corrected chi connectivity index (χ4v) is 3.41. The van der Waals surface area contributed by atoms with E-state index in [1.807, 2.05) is 11.8 Å². The second kappa shape index (κ2) is 7.33. The number of nitrogens with zero attached hydrogens (tertiary/aromatic N) is 3. The summed E-state index contributed by atoms with van der Waals surface area (Å²) in [4.78, 5) is 30.2.